The molecule has 4 nitrogen and oxygen atoms in total. The highest BCUT2D eigenvalue weighted by atomic mass is 32.1. The van der Waals surface area contributed by atoms with Crippen LogP contribution in [0.4, 0.5) is 5.00 Å². The van der Waals surface area contributed by atoms with Gasteiger partial charge in [0.15, 0.2) is 0 Å². The minimum absolute atomic E-state index is 0.129. The van der Waals surface area contributed by atoms with E-state index in [4.69, 9.17) is 0 Å². The standard InChI is InChI=1S/C18H17N3OS2/c1-2-21-13-7-8-23-16(13)9-14(21)17(22)20-18-12(10-19)11-5-3-4-6-15(11)24-18/h7-9H,2-6H2,1H3,(H,20,22). The first-order valence-corrected chi connectivity index (χ1v) is 9.85. The third kappa shape index (κ3) is 2.36. The molecule has 1 amide bonds. The molecule has 0 atom stereocenters. The smallest absolute Gasteiger partial charge is 0.272 e. The van der Waals surface area contributed by atoms with Crippen molar-refractivity contribution in [3.05, 3.63) is 39.2 Å². The molecular weight excluding hydrogens is 338 g/mol. The van der Waals surface area contributed by atoms with E-state index in [-0.39, 0.29) is 5.91 Å². The maximum atomic E-state index is 12.8. The van der Waals surface area contributed by atoms with E-state index in [1.165, 1.54) is 11.3 Å². The van der Waals surface area contributed by atoms with Crippen LogP contribution in [0.2, 0.25) is 0 Å². The van der Waals surface area contributed by atoms with Gasteiger partial charge >= 0.3 is 0 Å². The van der Waals surface area contributed by atoms with E-state index in [1.807, 2.05) is 29.0 Å². The number of carbonyl (C=O) groups is 1. The van der Waals surface area contributed by atoms with Gasteiger partial charge in [0.1, 0.15) is 16.8 Å². The number of rotatable bonds is 3. The number of nitrogens with zero attached hydrogens (tertiary/aromatic N) is 2. The lowest BCUT2D eigenvalue weighted by molar-refractivity contribution is 0.101. The summed E-state index contributed by atoms with van der Waals surface area (Å²) in [6.45, 7) is 2.79. The van der Waals surface area contributed by atoms with E-state index in [0.29, 0.717) is 16.3 Å². The van der Waals surface area contributed by atoms with Gasteiger partial charge < -0.3 is 9.88 Å². The molecule has 1 aliphatic carbocycles. The number of hydrogen-bond acceptors (Lipinski definition) is 4. The Morgan fingerprint density at radius 2 is 2.25 bits per heavy atom. The molecule has 0 spiro atoms. The lowest BCUT2D eigenvalue weighted by Gasteiger charge is -2.09. The molecule has 0 saturated carbocycles. The van der Waals surface area contributed by atoms with E-state index in [2.05, 4.69) is 11.4 Å². The largest absolute Gasteiger partial charge is 0.336 e. The molecule has 122 valence electrons. The predicted molar refractivity (Wildman–Crippen MR) is 99.1 cm³/mol. The Hall–Kier alpha value is -2.10. The molecule has 1 aliphatic rings. The van der Waals surface area contributed by atoms with Crippen molar-refractivity contribution in [2.75, 3.05) is 5.32 Å². The van der Waals surface area contributed by atoms with Crippen LogP contribution in [0.15, 0.2) is 17.5 Å². The Balaban J connectivity index is 1.70. The Morgan fingerprint density at radius 1 is 1.42 bits per heavy atom. The number of fused-ring (bicyclic) bond motifs is 2. The van der Waals surface area contributed by atoms with Crippen molar-refractivity contribution >= 4 is 43.8 Å². The molecule has 0 radical (unpaired) electrons. The molecule has 24 heavy (non-hydrogen) atoms. The summed E-state index contributed by atoms with van der Waals surface area (Å²) < 4.78 is 3.15. The third-order valence-corrected chi connectivity index (χ3v) is 6.64. The average molecular weight is 355 g/mol. The number of hydrogen-bond donors (Lipinski definition) is 1. The molecular formula is C18H17N3OS2. The zero-order valence-corrected chi connectivity index (χ0v) is 15.0. The highest BCUT2D eigenvalue weighted by molar-refractivity contribution is 7.17. The second kappa shape index (κ2) is 6.08. The molecule has 3 heterocycles. The van der Waals surface area contributed by atoms with E-state index in [9.17, 15) is 10.1 Å². The molecule has 0 fully saturated rings. The molecule has 3 aromatic heterocycles. The van der Waals surface area contributed by atoms with Gasteiger partial charge in [0.25, 0.3) is 5.91 Å². The highest BCUT2D eigenvalue weighted by Gasteiger charge is 2.23. The highest BCUT2D eigenvalue weighted by Crippen LogP contribution is 2.38. The van der Waals surface area contributed by atoms with Gasteiger partial charge in [-0.1, -0.05) is 0 Å². The number of amides is 1. The molecule has 4 rings (SSSR count). The van der Waals surface area contributed by atoms with E-state index in [0.717, 1.165) is 41.6 Å². The van der Waals surface area contributed by atoms with Gasteiger partial charge in [-0.15, -0.1) is 22.7 Å². The summed E-state index contributed by atoms with van der Waals surface area (Å²) in [5.41, 5.74) is 3.57. The number of aromatic nitrogens is 1. The van der Waals surface area contributed by atoms with E-state index in [1.54, 1.807) is 22.7 Å². The Morgan fingerprint density at radius 3 is 3.04 bits per heavy atom. The van der Waals surface area contributed by atoms with Gasteiger partial charge in [-0.2, -0.15) is 5.26 Å². The van der Waals surface area contributed by atoms with Crippen molar-refractivity contribution in [1.82, 2.24) is 4.57 Å². The zero-order chi connectivity index (χ0) is 16.7. The normalized spacial score (nSPS) is 13.7. The van der Waals surface area contributed by atoms with Crippen molar-refractivity contribution < 1.29 is 4.79 Å². The molecule has 0 saturated heterocycles. The number of carbonyl (C=O) groups excluding carboxylic acids is 1. The van der Waals surface area contributed by atoms with Gasteiger partial charge in [-0.3, -0.25) is 4.79 Å². The molecule has 0 unspecified atom stereocenters. The summed E-state index contributed by atoms with van der Waals surface area (Å²) >= 11 is 3.21. The fourth-order valence-electron chi connectivity index (χ4n) is 3.45. The average Bonchev–Trinajstić information content (AvgIpc) is 3.26. The molecule has 0 aliphatic heterocycles. The zero-order valence-electron chi connectivity index (χ0n) is 13.4. The van der Waals surface area contributed by atoms with Crippen molar-refractivity contribution in [3.8, 4) is 6.07 Å². The second-order valence-electron chi connectivity index (χ2n) is 5.92. The summed E-state index contributed by atoms with van der Waals surface area (Å²) in [7, 11) is 0. The number of thiophene rings is 2. The van der Waals surface area contributed by atoms with Crippen LogP contribution in [0, 0.1) is 11.3 Å². The van der Waals surface area contributed by atoms with Crippen molar-refractivity contribution in [2.24, 2.45) is 0 Å². The number of anilines is 1. The van der Waals surface area contributed by atoms with Crippen molar-refractivity contribution in [2.45, 2.75) is 39.2 Å². The quantitative estimate of drug-likeness (QED) is 0.734. The fourth-order valence-corrected chi connectivity index (χ4v) is 5.50. The van der Waals surface area contributed by atoms with E-state index >= 15 is 0 Å². The SMILES string of the molecule is CCn1c(C(=O)Nc2sc3c(c2C#N)CCCC3)cc2sccc21. The maximum Gasteiger partial charge on any atom is 0.272 e. The molecule has 3 aromatic rings. The van der Waals surface area contributed by atoms with Gasteiger partial charge in [0.2, 0.25) is 0 Å². The monoisotopic (exact) mass is 355 g/mol. The van der Waals surface area contributed by atoms with E-state index < -0.39 is 0 Å². The summed E-state index contributed by atoms with van der Waals surface area (Å²) in [4.78, 5) is 14.1. The molecule has 0 bridgehead atoms. The number of nitriles is 1. The van der Waals surface area contributed by atoms with Crippen LogP contribution in [0.3, 0.4) is 0 Å². The number of aryl methyl sites for hydroxylation is 2. The maximum absolute atomic E-state index is 12.8. The van der Waals surface area contributed by atoms with Gasteiger partial charge in [-0.25, -0.2) is 0 Å². The van der Waals surface area contributed by atoms with Crippen molar-refractivity contribution in [1.29, 1.82) is 5.26 Å². The lowest BCUT2D eigenvalue weighted by atomic mass is 9.96. The summed E-state index contributed by atoms with van der Waals surface area (Å²) in [5, 5.41) is 15.3. The van der Waals surface area contributed by atoms with Gasteiger partial charge in [0, 0.05) is 11.4 Å². The van der Waals surface area contributed by atoms with Crippen LogP contribution in [0.25, 0.3) is 10.2 Å². The molecule has 6 heteroatoms. The Bertz CT molecular complexity index is 971. The van der Waals surface area contributed by atoms with Crippen LogP contribution < -0.4 is 5.32 Å². The van der Waals surface area contributed by atoms with Crippen LogP contribution in [-0.2, 0) is 19.4 Å². The van der Waals surface area contributed by atoms with Crippen molar-refractivity contribution in [3.63, 3.8) is 0 Å². The minimum atomic E-state index is -0.129. The first kappa shape index (κ1) is 15.4. The lowest BCUT2D eigenvalue weighted by Crippen LogP contribution is -2.16. The van der Waals surface area contributed by atoms with Crippen LogP contribution in [-0.4, -0.2) is 10.5 Å². The Kier molecular flexibility index (Phi) is 3.91. The molecule has 0 aromatic carbocycles. The first-order valence-electron chi connectivity index (χ1n) is 8.15. The van der Waals surface area contributed by atoms with Gasteiger partial charge in [-0.05, 0) is 55.7 Å². The summed E-state index contributed by atoms with van der Waals surface area (Å²) in [5.74, 6) is -0.129. The van der Waals surface area contributed by atoms with Crippen LogP contribution in [0.5, 0.6) is 0 Å². The predicted octanol–water partition coefficient (Wildman–Crippen LogP) is 4.79. The Labute approximate surface area is 148 Å². The fraction of sp³-hybridized carbons (Fsp3) is 0.333. The van der Waals surface area contributed by atoms with Crippen LogP contribution in [0.1, 0.15) is 46.3 Å². The first-order chi connectivity index (χ1) is 11.7. The topological polar surface area (TPSA) is 57.8 Å². The minimum Gasteiger partial charge on any atom is -0.336 e. The van der Waals surface area contributed by atoms with Gasteiger partial charge in [0.05, 0.1) is 15.8 Å². The summed E-state index contributed by atoms with van der Waals surface area (Å²) in [6.07, 6.45) is 4.26. The van der Waals surface area contributed by atoms with Crippen LogP contribution >= 0.6 is 22.7 Å². The number of nitrogens with one attached hydrogen (secondary N) is 1. The summed E-state index contributed by atoms with van der Waals surface area (Å²) in [6, 6.07) is 6.29. The second-order valence-corrected chi connectivity index (χ2v) is 7.98. The molecule has 1 N–H and O–H groups in total. The third-order valence-electron chi connectivity index (χ3n) is 4.58.